The summed E-state index contributed by atoms with van der Waals surface area (Å²) in [6.45, 7) is 1.38. The van der Waals surface area contributed by atoms with Gasteiger partial charge < -0.3 is 24.6 Å². The largest absolute Gasteiger partial charge is 0.573 e. The molecular weight excluding hydrogens is 451 g/mol. The minimum atomic E-state index is -4.83. The number of para-hydroxylation sites is 3. The van der Waals surface area contributed by atoms with E-state index >= 15 is 0 Å². The van der Waals surface area contributed by atoms with Crippen LogP contribution in [0.3, 0.4) is 0 Å². The van der Waals surface area contributed by atoms with Crippen molar-refractivity contribution < 1.29 is 32.2 Å². The topological polar surface area (TPSA) is 71.1 Å². The van der Waals surface area contributed by atoms with Crippen LogP contribution in [0.4, 0.5) is 18.9 Å². The van der Waals surface area contributed by atoms with Gasteiger partial charge >= 0.3 is 6.36 Å². The summed E-state index contributed by atoms with van der Waals surface area (Å²) >= 11 is 0. The van der Waals surface area contributed by atoms with E-state index in [1.54, 1.807) is 34.1 Å². The third kappa shape index (κ3) is 5.92. The van der Waals surface area contributed by atoms with E-state index in [2.05, 4.69) is 10.1 Å². The number of anilines is 1. The van der Waals surface area contributed by atoms with Crippen LogP contribution in [0.5, 0.6) is 11.5 Å². The lowest BCUT2D eigenvalue weighted by Crippen LogP contribution is -2.53. The number of ether oxygens (including phenoxy) is 2. The highest BCUT2D eigenvalue weighted by atomic mass is 19.4. The van der Waals surface area contributed by atoms with E-state index in [1.807, 2.05) is 6.07 Å². The average Bonchev–Trinajstić information content (AvgIpc) is 2.82. The number of carbonyl (C=O) groups excluding carboxylic acids is 2. The number of nitrogens with one attached hydrogen (secondary N) is 1. The second-order valence-corrected chi connectivity index (χ2v) is 8.27. The number of carbonyl (C=O) groups is 2. The molecule has 2 aromatic carbocycles. The predicted molar refractivity (Wildman–Crippen MR) is 118 cm³/mol. The molecule has 2 aromatic rings. The van der Waals surface area contributed by atoms with Gasteiger partial charge in [0.05, 0.1) is 18.8 Å². The minimum absolute atomic E-state index is 0.0769. The Kier molecular flexibility index (Phi) is 7.14. The Morgan fingerprint density at radius 3 is 2.50 bits per heavy atom. The van der Waals surface area contributed by atoms with Gasteiger partial charge in [0.15, 0.2) is 6.10 Å². The number of halogens is 3. The summed E-state index contributed by atoms with van der Waals surface area (Å²) in [4.78, 5) is 29.3. The van der Waals surface area contributed by atoms with Crippen LogP contribution < -0.4 is 19.7 Å². The fourth-order valence-electron chi connectivity index (χ4n) is 4.20. The number of nitrogens with zero attached hydrogens (tertiary/aromatic N) is 2. The lowest BCUT2D eigenvalue weighted by atomic mass is 10.1. The van der Waals surface area contributed by atoms with Crippen molar-refractivity contribution in [3.63, 3.8) is 0 Å². The Morgan fingerprint density at radius 1 is 1.03 bits per heavy atom. The molecule has 2 aliphatic heterocycles. The van der Waals surface area contributed by atoms with Gasteiger partial charge in [-0.15, -0.1) is 13.2 Å². The Labute approximate surface area is 195 Å². The maximum atomic E-state index is 13.0. The average molecular weight is 477 g/mol. The number of hydrogen-bond donors (Lipinski definition) is 1. The fourth-order valence-corrected chi connectivity index (χ4v) is 4.20. The van der Waals surface area contributed by atoms with Crippen LogP contribution in [-0.2, 0) is 16.1 Å². The number of rotatable bonds is 6. The normalized spacial score (nSPS) is 18.0. The molecule has 1 N–H and O–H groups in total. The summed E-state index contributed by atoms with van der Waals surface area (Å²) in [6.07, 6.45) is -2.54. The third-order valence-corrected chi connectivity index (χ3v) is 5.81. The van der Waals surface area contributed by atoms with E-state index in [0.717, 1.165) is 19.3 Å². The highest BCUT2D eigenvalue weighted by Gasteiger charge is 2.35. The van der Waals surface area contributed by atoms with Crippen molar-refractivity contribution >= 4 is 17.5 Å². The standard InChI is InChI=1S/C24H26F3N3O4/c25-24(26,27)34-19-10-4-2-8-17(19)14-28-22(31)16-30-15-21(23(32)29-12-6-1-7-13-29)33-20-11-5-3-9-18(20)30/h2-5,8-11,21H,1,6-7,12-16H2,(H,28,31)/t21-/m0/s1. The van der Waals surface area contributed by atoms with E-state index in [0.29, 0.717) is 24.5 Å². The molecule has 0 spiro atoms. The van der Waals surface area contributed by atoms with Crippen molar-refractivity contribution in [2.45, 2.75) is 38.3 Å². The van der Waals surface area contributed by atoms with Crippen molar-refractivity contribution in [2.75, 3.05) is 31.1 Å². The molecule has 2 aliphatic rings. The van der Waals surface area contributed by atoms with Gasteiger partial charge in [-0.05, 0) is 37.5 Å². The molecule has 0 saturated carbocycles. The molecule has 2 heterocycles. The van der Waals surface area contributed by atoms with E-state index < -0.39 is 18.4 Å². The molecule has 10 heteroatoms. The quantitative estimate of drug-likeness (QED) is 0.690. The SMILES string of the molecule is O=C(CN1C[C@@H](C(=O)N2CCCCC2)Oc2ccccc21)NCc1ccccc1OC(F)(F)F. The van der Waals surface area contributed by atoms with E-state index in [1.165, 1.54) is 18.2 Å². The molecule has 7 nitrogen and oxygen atoms in total. The Morgan fingerprint density at radius 2 is 1.74 bits per heavy atom. The van der Waals surface area contributed by atoms with Crippen molar-refractivity contribution in [3.05, 3.63) is 54.1 Å². The Hall–Kier alpha value is -3.43. The van der Waals surface area contributed by atoms with Gasteiger partial charge in [0.25, 0.3) is 5.91 Å². The number of fused-ring (bicyclic) bond motifs is 1. The van der Waals surface area contributed by atoms with Crippen LogP contribution in [-0.4, -0.2) is 55.4 Å². The Bertz CT molecular complexity index is 1020. The lowest BCUT2D eigenvalue weighted by molar-refractivity contribution is -0.274. The fraction of sp³-hybridized carbons (Fsp3) is 0.417. The summed E-state index contributed by atoms with van der Waals surface area (Å²) in [6, 6.07) is 12.8. The molecular formula is C24H26F3N3O4. The smallest absolute Gasteiger partial charge is 0.477 e. The number of hydrogen-bond acceptors (Lipinski definition) is 5. The highest BCUT2D eigenvalue weighted by Crippen LogP contribution is 2.33. The molecule has 1 fully saturated rings. The molecule has 2 amide bonds. The van der Waals surface area contributed by atoms with Gasteiger partial charge in [-0.1, -0.05) is 30.3 Å². The Balaban J connectivity index is 1.42. The summed E-state index contributed by atoms with van der Waals surface area (Å²) in [5, 5.41) is 2.65. The van der Waals surface area contributed by atoms with Crippen LogP contribution in [0.25, 0.3) is 0 Å². The zero-order valence-electron chi connectivity index (χ0n) is 18.5. The second-order valence-electron chi connectivity index (χ2n) is 8.27. The number of amides is 2. The molecule has 0 aromatic heterocycles. The number of alkyl halides is 3. The van der Waals surface area contributed by atoms with E-state index in [-0.39, 0.29) is 36.9 Å². The van der Waals surface area contributed by atoms with Crippen LogP contribution in [0.2, 0.25) is 0 Å². The van der Waals surface area contributed by atoms with Crippen LogP contribution in [0.1, 0.15) is 24.8 Å². The van der Waals surface area contributed by atoms with Gasteiger partial charge in [-0.25, -0.2) is 0 Å². The molecule has 0 radical (unpaired) electrons. The molecule has 0 bridgehead atoms. The van der Waals surface area contributed by atoms with Gasteiger partial charge in [-0.3, -0.25) is 9.59 Å². The lowest BCUT2D eigenvalue weighted by Gasteiger charge is -2.38. The predicted octanol–water partition coefficient (Wildman–Crippen LogP) is 3.48. The van der Waals surface area contributed by atoms with Gasteiger partial charge in [0.2, 0.25) is 5.91 Å². The first-order chi connectivity index (χ1) is 16.3. The number of benzene rings is 2. The molecule has 4 rings (SSSR count). The summed E-state index contributed by atoms with van der Waals surface area (Å²) < 4.78 is 47.9. The molecule has 34 heavy (non-hydrogen) atoms. The third-order valence-electron chi connectivity index (χ3n) is 5.81. The maximum Gasteiger partial charge on any atom is 0.573 e. The van der Waals surface area contributed by atoms with Crippen molar-refractivity contribution in [1.29, 1.82) is 0 Å². The first kappa shape index (κ1) is 23.7. The molecule has 1 saturated heterocycles. The van der Waals surface area contributed by atoms with Crippen molar-refractivity contribution in [1.82, 2.24) is 10.2 Å². The molecule has 0 unspecified atom stereocenters. The molecule has 182 valence electrons. The van der Waals surface area contributed by atoms with E-state index in [9.17, 15) is 22.8 Å². The van der Waals surface area contributed by atoms with Crippen LogP contribution >= 0.6 is 0 Å². The maximum absolute atomic E-state index is 13.0. The molecule has 0 aliphatic carbocycles. The zero-order chi connectivity index (χ0) is 24.1. The van der Waals surface area contributed by atoms with Gasteiger partial charge in [0, 0.05) is 25.2 Å². The monoisotopic (exact) mass is 477 g/mol. The van der Waals surface area contributed by atoms with E-state index in [4.69, 9.17) is 4.74 Å². The van der Waals surface area contributed by atoms with Crippen molar-refractivity contribution in [3.8, 4) is 11.5 Å². The van der Waals surface area contributed by atoms with Crippen molar-refractivity contribution in [2.24, 2.45) is 0 Å². The first-order valence-electron chi connectivity index (χ1n) is 11.2. The highest BCUT2D eigenvalue weighted by molar-refractivity contribution is 5.86. The zero-order valence-corrected chi connectivity index (χ0v) is 18.5. The number of piperidine rings is 1. The summed E-state index contributed by atoms with van der Waals surface area (Å²) in [5.74, 6) is -0.347. The van der Waals surface area contributed by atoms with Gasteiger partial charge in [0.1, 0.15) is 11.5 Å². The first-order valence-corrected chi connectivity index (χ1v) is 11.2. The van der Waals surface area contributed by atoms with Crippen LogP contribution in [0, 0.1) is 0 Å². The van der Waals surface area contributed by atoms with Crippen LogP contribution in [0.15, 0.2) is 48.5 Å². The summed E-state index contributed by atoms with van der Waals surface area (Å²) in [5.41, 5.74) is 0.884. The molecule has 1 atom stereocenters. The number of likely N-dealkylation sites (tertiary alicyclic amines) is 1. The van der Waals surface area contributed by atoms with Gasteiger partial charge in [-0.2, -0.15) is 0 Å². The summed E-state index contributed by atoms with van der Waals surface area (Å²) in [7, 11) is 0. The second kappa shape index (κ2) is 10.2. The minimum Gasteiger partial charge on any atom is -0.477 e.